The van der Waals surface area contributed by atoms with Crippen LogP contribution in [0.3, 0.4) is 0 Å². The van der Waals surface area contributed by atoms with Gasteiger partial charge in [0.05, 0.1) is 23.0 Å². The van der Waals surface area contributed by atoms with Crippen LogP contribution in [0.5, 0.6) is 0 Å². The summed E-state index contributed by atoms with van der Waals surface area (Å²) in [5.41, 5.74) is 0. The molecular weight excluding hydrogens is 352 g/mol. The molecule has 2 aromatic rings. The van der Waals surface area contributed by atoms with Crippen molar-refractivity contribution in [2.24, 2.45) is 0 Å². The van der Waals surface area contributed by atoms with Crippen molar-refractivity contribution in [1.82, 2.24) is 0 Å². The van der Waals surface area contributed by atoms with Crippen LogP contribution < -0.4 is 0 Å². The van der Waals surface area contributed by atoms with E-state index in [1.165, 1.54) is 11.3 Å². The topological polar surface area (TPSA) is 77.4 Å². The van der Waals surface area contributed by atoms with Gasteiger partial charge >= 0.3 is 0 Å². The summed E-state index contributed by atoms with van der Waals surface area (Å²) in [5.74, 6) is 0. The number of aliphatic hydroxyl groups excluding tert-OH is 2. The van der Waals surface area contributed by atoms with E-state index in [0.29, 0.717) is 6.61 Å². The molecule has 0 spiro atoms. The van der Waals surface area contributed by atoms with Gasteiger partial charge in [-0.15, -0.1) is 22.7 Å². The Morgan fingerprint density at radius 2 is 1.75 bits per heavy atom. The Bertz CT molecular complexity index is 629. The van der Waals surface area contributed by atoms with Crippen LogP contribution in [0.25, 0.3) is 0 Å². The molecule has 2 N–H and O–H groups in total. The third-order valence-corrected chi connectivity index (χ3v) is 5.87. The molecule has 2 unspecified atom stereocenters. The molecule has 6 atom stereocenters. The van der Waals surface area contributed by atoms with Crippen molar-refractivity contribution < 1.29 is 29.2 Å². The van der Waals surface area contributed by atoms with Crippen molar-refractivity contribution in [2.45, 2.75) is 37.0 Å². The van der Waals surface area contributed by atoms with Gasteiger partial charge in [-0.05, 0) is 22.9 Å². The fourth-order valence-electron chi connectivity index (χ4n) is 2.91. The van der Waals surface area contributed by atoms with Gasteiger partial charge in [0, 0.05) is 0 Å². The molecule has 0 aromatic carbocycles. The molecule has 2 saturated heterocycles. The van der Waals surface area contributed by atoms with E-state index < -0.39 is 37.5 Å². The molecule has 0 aliphatic carbocycles. The van der Waals surface area contributed by atoms with E-state index in [9.17, 15) is 10.2 Å². The van der Waals surface area contributed by atoms with Crippen molar-refractivity contribution in [1.29, 1.82) is 0 Å². The number of rotatable bonds is 4. The second-order valence-corrected chi connectivity index (χ2v) is 7.61. The molecular formula is C16H18O6S2. The zero-order valence-corrected chi connectivity index (χ0v) is 14.3. The Morgan fingerprint density at radius 1 is 1.04 bits per heavy atom. The summed E-state index contributed by atoms with van der Waals surface area (Å²) in [6.45, 7) is -0.0634. The van der Waals surface area contributed by atoms with E-state index in [4.69, 9.17) is 18.9 Å². The van der Waals surface area contributed by atoms with E-state index in [-0.39, 0.29) is 6.10 Å². The first-order valence-electron chi connectivity index (χ1n) is 7.70. The molecule has 2 aliphatic rings. The van der Waals surface area contributed by atoms with Crippen LogP contribution in [-0.2, 0) is 18.9 Å². The van der Waals surface area contributed by atoms with E-state index >= 15 is 0 Å². The van der Waals surface area contributed by atoms with Gasteiger partial charge < -0.3 is 29.2 Å². The van der Waals surface area contributed by atoms with E-state index in [1.54, 1.807) is 11.3 Å². The first-order chi connectivity index (χ1) is 11.8. The molecule has 2 aliphatic heterocycles. The minimum atomic E-state index is -1.05. The summed E-state index contributed by atoms with van der Waals surface area (Å²) >= 11 is 3.06. The molecule has 6 nitrogen and oxygen atoms in total. The first-order valence-corrected chi connectivity index (χ1v) is 9.46. The fraction of sp³-hybridized carbons (Fsp3) is 0.500. The van der Waals surface area contributed by atoms with E-state index in [1.807, 2.05) is 35.0 Å². The van der Waals surface area contributed by atoms with Crippen LogP contribution in [-0.4, -0.2) is 47.8 Å². The average Bonchev–Trinajstić information content (AvgIpc) is 3.32. The van der Waals surface area contributed by atoms with Gasteiger partial charge in [-0.2, -0.15) is 0 Å². The molecule has 0 bridgehead atoms. The van der Waals surface area contributed by atoms with Gasteiger partial charge in [0.1, 0.15) is 24.4 Å². The number of fused-ring (bicyclic) bond motifs is 1. The molecule has 24 heavy (non-hydrogen) atoms. The van der Waals surface area contributed by atoms with E-state index in [2.05, 4.69) is 0 Å². The van der Waals surface area contributed by atoms with Gasteiger partial charge in [-0.25, -0.2) is 0 Å². The molecule has 0 saturated carbocycles. The number of hydrogen-bond donors (Lipinski definition) is 2. The second kappa shape index (κ2) is 7.19. The summed E-state index contributed by atoms with van der Waals surface area (Å²) in [6.07, 6.45) is -3.72. The normalized spacial score (nSPS) is 34.7. The quantitative estimate of drug-likeness (QED) is 0.858. The predicted octanol–water partition coefficient (Wildman–Crippen LogP) is 2.06. The summed E-state index contributed by atoms with van der Waals surface area (Å²) in [4.78, 5) is 1.86. The lowest BCUT2D eigenvalue weighted by Crippen LogP contribution is -2.58. The van der Waals surface area contributed by atoms with Crippen LogP contribution in [0.2, 0.25) is 0 Å². The van der Waals surface area contributed by atoms with Crippen LogP contribution in [0.1, 0.15) is 22.3 Å². The zero-order chi connectivity index (χ0) is 16.5. The summed E-state index contributed by atoms with van der Waals surface area (Å²) in [7, 11) is 0. The summed E-state index contributed by atoms with van der Waals surface area (Å²) in [6, 6.07) is 7.69. The van der Waals surface area contributed by atoms with Crippen molar-refractivity contribution in [3.05, 3.63) is 44.8 Å². The van der Waals surface area contributed by atoms with Gasteiger partial charge in [0.15, 0.2) is 12.6 Å². The Kier molecular flexibility index (Phi) is 4.98. The van der Waals surface area contributed by atoms with Crippen molar-refractivity contribution >= 4 is 22.7 Å². The SMILES string of the molecule is OC[C@@H](O)[C@H]1OC(c2cccs2)O[C@H]2COC(c3cccs3)O[C@@H]12. The number of ether oxygens (including phenoxy) is 4. The van der Waals surface area contributed by atoms with Gasteiger partial charge in [0.2, 0.25) is 0 Å². The molecule has 2 fully saturated rings. The smallest absolute Gasteiger partial charge is 0.194 e. The third kappa shape index (κ3) is 3.16. The fourth-order valence-corrected chi connectivity index (χ4v) is 4.31. The lowest BCUT2D eigenvalue weighted by molar-refractivity contribution is -0.372. The molecule has 2 aromatic heterocycles. The van der Waals surface area contributed by atoms with E-state index in [0.717, 1.165) is 9.75 Å². The molecule has 4 heterocycles. The highest BCUT2D eigenvalue weighted by Gasteiger charge is 2.48. The van der Waals surface area contributed by atoms with Crippen LogP contribution in [0, 0.1) is 0 Å². The third-order valence-electron chi connectivity index (χ3n) is 4.08. The minimum Gasteiger partial charge on any atom is -0.394 e. The van der Waals surface area contributed by atoms with Crippen LogP contribution in [0.4, 0.5) is 0 Å². The number of thiophene rings is 2. The lowest BCUT2D eigenvalue weighted by Gasteiger charge is -2.46. The highest BCUT2D eigenvalue weighted by molar-refractivity contribution is 7.10. The van der Waals surface area contributed by atoms with Crippen molar-refractivity contribution in [2.75, 3.05) is 13.2 Å². The Hall–Kier alpha value is -0.840. The maximum Gasteiger partial charge on any atom is 0.194 e. The maximum atomic E-state index is 10.2. The molecule has 130 valence electrons. The summed E-state index contributed by atoms with van der Waals surface area (Å²) < 4.78 is 23.7. The summed E-state index contributed by atoms with van der Waals surface area (Å²) in [5, 5.41) is 23.5. The van der Waals surface area contributed by atoms with Crippen LogP contribution in [0.15, 0.2) is 35.0 Å². The Morgan fingerprint density at radius 3 is 2.38 bits per heavy atom. The zero-order valence-electron chi connectivity index (χ0n) is 12.7. The highest BCUT2D eigenvalue weighted by atomic mass is 32.1. The van der Waals surface area contributed by atoms with Gasteiger partial charge in [-0.1, -0.05) is 12.1 Å². The minimum absolute atomic E-state index is 0.340. The molecule has 0 radical (unpaired) electrons. The highest BCUT2D eigenvalue weighted by Crippen LogP contribution is 2.40. The van der Waals surface area contributed by atoms with Crippen molar-refractivity contribution in [3.8, 4) is 0 Å². The van der Waals surface area contributed by atoms with Crippen LogP contribution >= 0.6 is 22.7 Å². The Labute approximate surface area is 147 Å². The molecule has 4 rings (SSSR count). The van der Waals surface area contributed by atoms with Gasteiger partial charge in [0.25, 0.3) is 0 Å². The number of hydrogen-bond acceptors (Lipinski definition) is 8. The van der Waals surface area contributed by atoms with Gasteiger partial charge in [-0.3, -0.25) is 0 Å². The molecule has 8 heteroatoms. The predicted molar refractivity (Wildman–Crippen MR) is 87.8 cm³/mol. The average molecular weight is 370 g/mol. The maximum absolute atomic E-state index is 10.2. The molecule has 0 amide bonds. The number of aliphatic hydroxyl groups is 2. The largest absolute Gasteiger partial charge is 0.394 e. The first kappa shape index (κ1) is 16.6. The monoisotopic (exact) mass is 370 g/mol. The standard InChI is InChI=1S/C16H18O6S2/c17-7-9(18)13-14-10(20-16(21-13)12-4-2-6-24-12)8-19-15(22-14)11-3-1-5-23-11/h1-6,9-10,13-18H,7-8H2/t9-,10+,13-,14-,15?,16?/m1/s1. The van der Waals surface area contributed by atoms with Crippen molar-refractivity contribution in [3.63, 3.8) is 0 Å². The Balaban J connectivity index is 1.55. The second-order valence-electron chi connectivity index (χ2n) is 5.65. The lowest BCUT2D eigenvalue weighted by atomic mass is 10.0.